The van der Waals surface area contributed by atoms with Crippen molar-refractivity contribution in [3.8, 4) is 0 Å². The molecule has 3 aromatic rings. The van der Waals surface area contributed by atoms with Gasteiger partial charge in [-0.25, -0.2) is 4.39 Å². The molecule has 0 fully saturated rings. The molecule has 1 amide bonds. The molecule has 1 N–H and O–H groups in total. The first-order valence-electron chi connectivity index (χ1n) is 7.25. The van der Waals surface area contributed by atoms with Crippen molar-refractivity contribution in [1.29, 1.82) is 0 Å². The van der Waals surface area contributed by atoms with Crippen molar-refractivity contribution in [1.82, 2.24) is 15.1 Å². The molecular weight excluding hydrogens is 311 g/mol. The van der Waals surface area contributed by atoms with Gasteiger partial charge in [0.25, 0.3) is 5.91 Å². The largest absolute Gasteiger partial charge is 0.467 e. The SMILES string of the molecule is Cn1ncc(N=Cc2ccc(F)cc2)c1C(=O)NCc1ccco1. The maximum absolute atomic E-state index is 12.9. The highest BCUT2D eigenvalue weighted by Crippen LogP contribution is 2.18. The van der Waals surface area contributed by atoms with E-state index in [0.29, 0.717) is 17.1 Å². The lowest BCUT2D eigenvalue weighted by atomic mass is 10.2. The summed E-state index contributed by atoms with van der Waals surface area (Å²) in [6.07, 6.45) is 4.60. The number of rotatable bonds is 5. The van der Waals surface area contributed by atoms with E-state index in [2.05, 4.69) is 15.4 Å². The Kier molecular flexibility index (Phi) is 4.51. The number of furan rings is 1. The van der Waals surface area contributed by atoms with Gasteiger partial charge < -0.3 is 9.73 Å². The number of aryl methyl sites for hydroxylation is 1. The number of carbonyl (C=O) groups excluding carboxylic acids is 1. The van der Waals surface area contributed by atoms with Crippen molar-refractivity contribution in [2.75, 3.05) is 0 Å². The predicted octanol–water partition coefficient (Wildman–Crippen LogP) is 2.83. The highest BCUT2D eigenvalue weighted by atomic mass is 19.1. The summed E-state index contributed by atoms with van der Waals surface area (Å²) in [7, 11) is 1.67. The van der Waals surface area contributed by atoms with E-state index in [-0.39, 0.29) is 18.3 Å². The maximum Gasteiger partial charge on any atom is 0.272 e. The van der Waals surface area contributed by atoms with E-state index in [9.17, 15) is 9.18 Å². The predicted molar refractivity (Wildman–Crippen MR) is 86.7 cm³/mol. The second-order valence-corrected chi connectivity index (χ2v) is 5.07. The average Bonchev–Trinajstić information content (AvgIpc) is 3.22. The second kappa shape index (κ2) is 6.91. The zero-order valence-corrected chi connectivity index (χ0v) is 12.9. The molecule has 0 aliphatic carbocycles. The minimum absolute atomic E-state index is 0.276. The summed E-state index contributed by atoms with van der Waals surface area (Å²) in [5.74, 6) is 0.0334. The standard InChI is InChI=1S/C17H15FN4O2/c1-22-16(17(23)20-10-14-3-2-8-24-14)15(11-21-22)19-9-12-4-6-13(18)7-5-12/h2-9,11H,10H2,1H3,(H,20,23). The van der Waals surface area contributed by atoms with Gasteiger partial charge in [0.05, 0.1) is 19.0 Å². The van der Waals surface area contributed by atoms with Crippen LogP contribution < -0.4 is 5.32 Å². The molecule has 7 heteroatoms. The zero-order chi connectivity index (χ0) is 16.9. The van der Waals surface area contributed by atoms with Crippen molar-refractivity contribution < 1.29 is 13.6 Å². The van der Waals surface area contributed by atoms with Crippen molar-refractivity contribution in [2.24, 2.45) is 12.0 Å². The van der Waals surface area contributed by atoms with Gasteiger partial charge in [0.1, 0.15) is 17.3 Å². The fraction of sp³-hybridized carbons (Fsp3) is 0.118. The molecule has 2 aromatic heterocycles. The molecule has 0 bridgehead atoms. The van der Waals surface area contributed by atoms with Gasteiger partial charge in [-0.2, -0.15) is 5.10 Å². The van der Waals surface area contributed by atoms with E-state index in [1.165, 1.54) is 23.0 Å². The van der Waals surface area contributed by atoms with Crippen LogP contribution in [0.15, 0.2) is 58.3 Å². The van der Waals surface area contributed by atoms with Gasteiger partial charge in [-0.05, 0) is 29.8 Å². The van der Waals surface area contributed by atoms with Gasteiger partial charge in [0, 0.05) is 13.3 Å². The van der Waals surface area contributed by atoms with Crippen molar-refractivity contribution >= 4 is 17.8 Å². The van der Waals surface area contributed by atoms with Gasteiger partial charge in [0.2, 0.25) is 0 Å². The van der Waals surface area contributed by atoms with Gasteiger partial charge in [-0.3, -0.25) is 14.5 Å². The summed E-state index contributed by atoms with van der Waals surface area (Å²) in [5.41, 5.74) is 1.49. The van der Waals surface area contributed by atoms with Crippen LogP contribution in [0.1, 0.15) is 21.8 Å². The van der Waals surface area contributed by atoms with Crippen LogP contribution in [0.3, 0.4) is 0 Å². The molecule has 24 heavy (non-hydrogen) atoms. The van der Waals surface area contributed by atoms with Crippen LogP contribution in [0.5, 0.6) is 0 Å². The summed E-state index contributed by atoms with van der Waals surface area (Å²) < 4.78 is 19.5. The highest BCUT2D eigenvalue weighted by Gasteiger charge is 2.16. The Morgan fingerprint density at radius 1 is 1.38 bits per heavy atom. The van der Waals surface area contributed by atoms with Gasteiger partial charge in [-0.1, -0.05) is 12.1 Å². The van der Waals surface area contributed by atoms with E-state index in [0.717, 1.165) is 5.56 Å². The highest BCUT2D eigenvalue weighted by molar-refractivity contribution is 5.98. The molecule has 2 heterocycles. The fourth-order valence-electron chi connectivity index (χ4n) is 2.14. The molecule has 0 aliphatic heterocycles. The van der Waals surface area contributed by atoms with Crippen LogP contribution in [0.4, 0.5) is 10.1 Å². The topological polar surface area (TPSA) is 72.4 Å². The number of carbonyl (C=O) groups is 1. The molecule has 0 unspecified atom stereocenters. The lowest BCUT2D eigenvalue weighted by Crippen LogP contribution is -2.25. The molecule has 0 saturated carbocycles. The van der Waals surface area contributed by atoms with E-state index >= 15 is 0 Å². The van der Waals surface area contributed by atoms with E-state index < -0.39 is 0 Å². The molecule has 6 nitrogen and oxygen atoms in total. The smallest absolute Gasteiger partial charge is 0.272 e. The lowest BCUT2D eigenvalue weighted by Gasteiger charge is -2.04. The summed E-state index contributed by atoms with van der Waals surface area (Å²) in [4.78, 5) is 16.6. The van der Waals surface area contributed by atoms with Crippen LogP contribution in [-0.4, -0.2) is 21.9 Å². The fourth-order valence-corrected chi connectivity index (χ4v) is 2.14. The molecule has 0 radical (unpaired) electrons. The minimum Gasteiger partial charge on any atom is -0.467 e. The summed E-state index contributed by atoms with van der Waals surface area (Å²) in [5, 5.41) is 6.83. The minimum atomic E-state index is -0.313. The number of aliphatic imine (C=N–C) groups is 1. The first kappa shape index (κ1) is 15.7. The van der Waals surface area contributed by atoms with Gasteiger partial charge in [-0.15, -0.1) is 0 Å². The Morgan fingerprint density at radius 2 is 2.17 bits per heavy atom. The average molecular weight is 326 g/mol. The zero-order valence-electron chi connectivity index (χ0n) is 12.9. The number of halogens is 1. The first-order chi connectivity index (χ1) is 11.6. The summed E-state index contributed by atoms with van der Waals surface area (Å²) in [6.45, 7) is 0.276. The molecule has 0 atom stereocenters. The third-order valence-corrected chi connectivity index (χ3v) is 3.36. The molecule has 1 aromatic carbocycles. The van der Waals surface area contributed by atoms with E-state index in [1.807, 2.05) is 0 Å². The number of nitrogens with zero attached hydrogens (tertiary/aromatic N) is 3. The number of aromatic nitrogens is 2. The summed E-state index contributed by atoms with van der Waals surface area (Å²) >= 11 is 0. The Morgan fingerprint density at radius 3 is 2.88 bits per heavy atom. The van der Waals surface area contributed by atoms with Crippen molar-refractivity contribution in [2.45, 2.75) is 6.54 Å². The van der Waals surface area contributed by atoms with Crippen LogP contribution >= 0.6 is 0 Å². The van der Waals surface area contributed by atoms with Crippen LogP contribution in [0, 0.1) is 5.82 Å². The Labute approximate surface area is 137 Å². The van der Waals surface area contributed by atoms with Gasteiger partial charge in [0.15, 0.2) is 5.69 Å². The molecule has 122 valence electrons. The molecule has 0 saturated heterocycles. The normalized spacial score (nSPS) is 11.1. The first-order valence-corrected chi connectivity index (χ1v) is 7.25. The molecule has 0 aliphatic rings. The maximum atomic E-state index is 12.9. The number of amides is 1. The number of hydrogen-bond donors (Lipinski definition) is 1. The van der Waals surface area contributed by atoms with Crippen LogP contribution in [-0.2, 0) is 13.6 Å². The molecular formula is C17H15FN4O2. The Hall–Kier alpha value is -3.22. The van der Waals surface area contributed by atoms with Crippen molar-refractivity contribution in [3.63, 3.8) is 0 Å². The number of hydrogen-bond acceptors (Lipinski definition) is 4. The molecule has 0 spiro atoms. The number of benzene rings is 1. The van der Waals surface area contributed by atoms with Crippen LogP contribution in [0.2, 0.25) is 0 Å². The summed E-state index contributed by atoms with van der Waals surface area (Å²) in [6, 6.07) is 9.43. The monoisotopic (exact) mass is 326 g/mol. The Bertz CT molecular complexity index is 851. The quantitative estimate of drug-likeness (QED) is 0.733. The van der Waals surface area contributed by atoms with Gasteiger partial charge >= 0.3 is 0 Å². The third kappa shape index (κ3) is 3.57. The lowest BCUT2D eigenvalue weighted by molar-refractivity contribution is 0.0939. The third-order valence-electron chi connectivity index (χ3n) is 3.36. The van der Waals surface area contributed by atoms with E-state index in [1.54, 1.807) is 43.8 Å². The Balaban J connectivity index is 1.75. The second-order valence-electron chi connectivity index (χ2n) is 5.07. The number of nitrogens with one attached hydrogen (secondary N) is 1. The van der Waals surface area contributed by atoms with E-state index in [4.69, 9.17) is 4.42 Å². The molecule has 3 rings (SSSR count). The van der Waals surface area contributed by atoms with Crippen LogP contribution in [0.25, 0.3) is 0 Å². The van der Waals surface area contributed by atoms with Crippen molar-refractivity contribution in [3.05, 3.63) is 71.7 Å².